The summed E-state index contributed by atoms with van der Waals surface area (Å²) in [4.78, 5) is 0.687. The number of rotatable bonds is 3. The van der Waals surface area contributed by atoms with Crippen LogP contribution in [0.5, 0.6) is 0 Å². The first-order valence-electron chi connectivity index (χ1n) is 6.99. The van der Waals surface area contributed by atoms with Gasteiger partial charge in [0.2, 0.25) is 9.84 Å². The van der Waals surface area contributed by atoms with Gasteiger partial charge in [0.25, 0.3) is 0 Å². The molecule has 0 aromatic heterocycles. The number of ether oxygens (including phenoxy) is 1. The maximum absolute atomic E-state index is 12.7. The zero-order valence-corrected chi connectivity index (χ0v) is 13.0. The average Bonchev–Trinajstić information content (AvgIpc) is 2.45. The van der Waals surface area contributed by atoms with Gasteiger partial charge in [-0.1, -0.05) is 30.3 Å². The van der Waals surface area contributed by atoms with Crippen LogP contribution in [0, 0.1) is 6.92 Å². The van der Waals surface area contributed by atoms with Gasteiger partial charge in [0.05, 0.1) is 22.0 Å². The summed E-state index contributed by atoms with van der Waals surface area (Å²) in [6, 6.07) is 14.1. The van der Waals surface area contributed by atoms with E-state index >= 15 is 0 Å². The van der Waals surface area contributed by atoms with Crippen LogP contribution in [-0.2, 0) is 20.2 Å². The minimum Gasteiger partial charge on any atom is -0.370 e. The van der Waals surface area contributed by atoms with Gasteiger partial charge < -0.3 is 4.74 Å². The molecule has 2 aromatic rings. The lowest BCUT2D eigenvalue weighted by Gasteiger charge is -2.39. The van der Waals surface area contributed by atoms with E-state index in [2.05, 4.69) is 0 Å². The fourth-order valence-electron chi connectivity index (χ4n) is 2.61. The summed E-state index contributed by atoms with van der Waals surface area (Å²) < 4.78 is 30.9. The number of hydrogen-bond donors (Lipinski definition) is 0. The molecular weight excluding hydrogens is 284 g/mol. The Labute approximate surface area is 125 Å². The summed E-state index contributed by atoms with van der Waals surface area (Å²) in [7, 11) is -3.46. The number of sulfone groups is 1. The Morgan fingerprint density at radius 1 is 1.05 bits per heavy atom. The lowest BCUT2D eigenvalue weighted by molar-refractivity contribution is -0.140. The SMILES string of the molecule is Cc1ccccc1S(=O)(=O)c1ccc(C2(C)CCO2)cc1. The smallest absolute Gasteiger partial charge is 0.206 e. The van der Waals surface area contributed by atoms with Crippen molar-refractivity contribution >= 4 is 9.84 Å². The third-order valence-electron chi connectivity index (χ3n) is 4.16. The van der Waals surface area contributed by atoms with Crippen molar-refractivity contribution < 1.29 is 13.2 Å². The van der Waals surface area contributed by atoms with Crippen LogP contribution >= 0.6 is 0 Å². The van der Waals surface area contributed by atoms with Crippen LogP contribution in [0.3, 0.4) is 0 Å². The molecule has 1 fully saturated rings. The summed E-state index contributed by atoms with van der Waals surface area (Å²) in [6.07, 6.45) is 0.969. The van der Waals surface area contributed by atoms with Gasteiger partial charge in [0.15, 0.2) is 0 Å². The molecule has 1 aliphatic heterocycles. The lowest BCUT2D eigenvalue weighted by Crippen LogP contribution is -2.37. The van der Waals surface area contributed by atoms with Crippen LogP contribution in [0.2, 0.25) is 0 Å². The second-order valence-electron chi connectivity index (χ2n) is 5.62. The van der Waals surface area contributed by atoms with Gasteiger partial charge in [-0.2, -0.15) is 0 Å². The van der Waals surface area contributed by atoms with Crippen LogP contribution in [0.25, 0.3) is 0 Å². The van der Waals surface area contributed by atoms with Crippen molar-refractivity contribution in [2.75, 3.05) is 6.61 Å². The van der Waals surface area contributed by atoms with Crippen LogP contribution in [0.15, 0.2) is 58.3 Å². The molecule has 0 saturated carbocycles. The molecule has 1 aliphatic rings. The molecule has 3 nitrogen and oxygen atoms in total. The molecule has 0 bridgehead atoms. The van der Waals surface area contributed by atoms with E-state index in [9.17, 15) is 8.42 Å². The third kappa shape index (κ3) is 2.39. The summed E-state index contributed by atoms with van der Waals surface area (Å²) in [6.45, 7) is 4.60. The van der Waals surface area contributed by atoms with E-state index < -0.39 is 9.84 Å². The molecular formula is C17H18O3S. The van der Waals surface area contributed by atoms with E-state index in [1.165, 1.54) is 0 Å². The second-order valence-corrected chi connectivity index (χ2v) is 7.54. The second kappa shape index (κ2) is 4.97. The van der Waals surface area contributed by atoms with Crippen molar-refractivity contribution in [2.24, 2.45) is 0 Å². The van der Waals surface area contributed by atoms with Gasteiger partial charge in [0.1, 0.15) is 0 Å². The van der Waals surface area contributed by atoms with Crippen molar-refractivity contribution in [1.82, 2.24) is 0 Å². The summed E-state index contributed by atoms with van der Waals surface area (Å²) in [5, 5.41) is 0. The molecule has 0 aliphatic carbocycles. The third-order valence-corrected chi connectivity index (χ3v) is 6.09. The van der Waals surface area contributed by atoms with Gasteiger partial charge in [-0.15, -0.1) is 0 Å². The molecule has 0 amide bonds. The van der Waals surface area contributed by atoms with Crippen LogP contribution in [0.4, 0.5) is 0 Å². The predicted octanol–water partition coefficient (Wildman–Crippen LogP) is 3.46. The average molecular weight is 302 g/mol. The van der Waals surface area contributed by atoms with E-state index in [4.69, 9.17) is 4.74 Å². The maximum atomic E-state index is 12.7. The number of benzene rings is 2. The molecule has 1 heterocycles. The first-order valence-corrected chi connectivity index (χ1v) is 8.47. The molecule has 21 heavy (non-hydrogen) atoms. The zero-order chi connectivity index (χ0) is 15.1. The molecule has 4 heteroatoms. The molecule has 110 valence electrons. The highest BCUT2D eigenvalue weighted by Crippen LogP contribution is 2.37. The zero-order valence-electron chi connectivity index (χ0n) is 12.2. The van der Waals surface area contributed by atoms with E-state index in [1.807, 2.05) is 38.1 Å². The molecule has 1 atom stereocenters. The van der Waals surface area contributed by atoms with E-state index in [0.717, 1.165) is 24.2 Å². The highest BCUT2D eigenvalue weighted by Gasteiger charge is 2.35. The van der Waals surface area contributed by atoms with Gasteiger partial charge in [-0.3, -0.25) is 0 Å². The molecule has 1 saturated heterocycles. The van der Waals surface area contributed by atoms with Crippen molar-refractivity contribution in [3.63, 3.8) is 0 Å². The number of aryl methyl sites for hydroxylation is 1. The molecule has 0 radical (unpaired) electrons. The highest BCUT2D eigenvalue weighted by atomic mass is 32.2. The van der Waals surface area contributed by atoms with Gasteiger partial charge in [0, 0.05) is 6.42 Å². The molecule has 0 N–H and O–H groups in total. The van der Waals surface area contributed by atoms with Gasteiger partial charge in [-0.25, -0.2) is 8.42 Å². The number of hydrogen-bond acceptors (Lipinski definition) is 3. The minimum absolute atomic E-state index is 0.259. The summed E-state index contributed by atoms with van der Waals surface area (Å²) in [5.74, 6) is 0. The van der Waals surface area contributed by atoms with E-state index in [0.29, 0.717) is 9.79 Å². The maximum Gasteiger partial charge on any atom is 0.206 e. The fraction of sp³-hybridized carbons (Fsp3) is 0.294. The Morgan fingerprint density at radius 3 is 2.19 bits per heavy atom. The van der Waals surface area contributed by atoms with E-state index in [-0.39, 0.29) is 5.60 Å². The lowest BCUT2D eigenvalue weighted by atomic mass is 9.89. The van der Waals surface area contributed by atoms with Crippen LogP contribution in [0.1, 0.15) is 24.5 Å². The van der Waals surface area contributed by atoms with Crippen LogP contribution in [-0.4, -0.2) is 15.0 Å². The van der Waals surface area contributed by atoms with E-state index in [1.54, 1.807) is 24.3 Å². The largest absolute Gasteiger partial charge is 0.370 e. The Bertz CT molecular complexity index is 757. The standard InChI is InChI=1S/C17H18O3S/c1-13-5-3-4-6-16(13)21(18,19)15-9-7-14(8-10-15)17(2)11-12-20-17/h3-10H,11-12H2,1-2H3. The minimum atomic E-state index is -3.46. The fourth-order valence-corrected chi connectivity index (χ4v) is 4.11. The molecule has 0 spiro atoms. The van der Waals surface area contributed by atoms with Gasteiger partial charge >= 0.3 is 0 Å². The highest BCUT2D eigenvalue weighted by molar-refractivity contribution is 7.91. The Hall–Kier alpha value is -1.65. The first kappa shape index (κ1) is 14.3. The van der Waals surface area contributed by atoms with Gasteiger partial charge in [-0.05, 0) is 43.2 Å². The Balaban J connectivity index is 1.99. The molecule has 1 unspecified atom stereocenters. The van der Waals surface area contributed by atoms with Crippen LogP contribution < -0.4 is 0 Å². The van der Waals surface area contributed by atoms with Crippen molar-refractivity contribution in [3.8, 4) is 0 Å². The van der Waals surface area contributed by atoms with Crippen molar-refractivity contribution in [2.45, 2.75) is 35.7 Å². The quantitative estimate of drug-likeness (QED) is 0.872. The molecule has 2 aromatic carbocycles. The summed E-state index contributed by atoms with van der Waals surface area (Å²) in [5.41, 5.74) is 1.53. The summed E-state index contributed by atoms with van der Waals surface area (Å²) >= 11 is 0. The Kier molecular flexibility index (Phi) is 3.38. The normalized spacial score (nSPS) is 21.8. The predicted molar refractivity (Wildman–Crippen MR) is 81.0 cm³/mol. The van der Waals surface area contributed by atoms with Crippen molar-refractivity contribution in [1.29, 1.82) is 0 Å². The Morgan fingerprint density at radius 2 is 1.67 bits per heavy atom. The monoisotopic (exact) mass is 302 g/mol. The van der Waals surface area contributed by atoms with Crippen molar-refractivity contribution in [3.05, 3.63) is 59.7 Å². The molecule has 3 rings (SSSR count). The topological polar surface area (TPSA) is 43.4 Å². The first-order chi connectivity index (χ1) is 9.93.